The minimum atomic E-state index is -0.211. The topological polar surface area (TPSA) is 83.8 Å². The van der Waals surface area contributed by atoms with Gasteiger partial charge in [0, 0.05) is 26.2 Å². The van der Waals surface area contributed by atoms with Crippen LogP contribution in [0.25, 0.3) is 12.2 Å². The molecule has 0 aliphatic carbocycles. The summed E-state index contributed by atoms with van der Waals surface area (Å²) >= 11 is 2.83. The summed E-state index contributed by atoms with van der Waals surface area (Å²) in [5, 5.41) is 1.45. The number of rotatable bonds is 10. The number of carbonyl (C=O) groups excluding carboxylic acids is 2. The van der Waals surface area contributed by atoms with Gasteiger partial charge >= 0.3 is 0 Å². The fourth-order valence-corrected chi connectivity index (χ4v) is 6.38. The average molecular weight is 605 g/mol. The first kappa shape index (κ1) is 30.0. The molecule has 220 valence electrons. The third kappa shape index (κ3) is 7.86. The van der Waals surface area contributed by atoms with Gasteiger partial charge in [0.2, 0.25) is 0 Å². The van der Waals surface area contributed by atoms with Crippen molar-refractivity contribution >= 4 is 57.8 Å². The SMILES string of the molecule is CCCCOc1ccc(/C=C2\SC(N3CCN(C4=NC(=O)/C(=C/c5ccc(OCCCC)cc5)S4)CC3)=NC2=O)cc1. The monoisotopic (exact) mass is 604 g/mol. The minimum Gasteiger partial charge on any atom is -0.494 e. The molecule has 5 rings (SSSR count). The molecule has 0 aromatic heterocycles. The summed E-state index contributed by atoms with van der Waals surface area (Å²) in [5.74, 6) is 1.25. The molecular weight excluding hydrogens is 569 g/mol. The van der Waals surface area contributed by atoms with Crippen molar-refractivity contribution in [2.24, 2.45) is 9.98 Å². The highest BCUT2D eigenvalue weighted by Gasteiger charge is 2.32. The standard InChI is InChI=1S/C32H36N4O4S2/c1-3-5-19-39-25-11-7-23(8-12-25)21-27-29(37)33-31(41-27)35-15-17-36(18-16-35)32-34-30(38)28(42-32)22-24-9-13-26(14-10-24)40-20-6-4-2/h7-14,21-22H,3-6,15-20H2,1-2H3/b27-21-,28-22-. The maximum absolute atomic E-state index is 12.6. The lowest BCUT2D eigenvalue weighted by molar-refractivity contribution is -0.114. The van der Waals surface area contributed by atoms with Gasteiger partial charge in [-0.1, -0.05) is 51.0 Å². The number of amidine groups is 2. The zero-order valence-electron chi connectivity index (χ0n) is 24.1. The molecule has 0 bridgehead atoms. The second-order valence-electron chi connectivity index (χ2n) is 10.1. The van der Waals surface area contributed by atoms with Gasteiger partial charge in [-0.3, -0.25) is 9.59 Å². The second kappa shape index (κ2) is 14.6. The third-order valence-electron chi connectivity index (χ3n) is 6.93. The van der Waals surface area contributed by atoms with Gasteiger partial charge in [0.15, 0.2) is 10.3 Å². The summed E-state index contributed by atoms with van der Waals surface area (Å²) in [6.07, 6.45) is 8.01. The molecule has 2 amide bonds. The first-order valence-electron chi connectivity index (χ1n) is 14.5. The van der Waals surface area contributed by atoms with E-state index in [1.165, 1.54) is 23.5 Å². The van der Waals surface area contributed by atoms with E-state index in [2.05, 4.69) is 33.6 Å². The Morgan fingerprint density at radius 1 is 0.667 bits per heavy atom. The normalized spacial score (nSPS) is 19.1. The van der Waals surface area contributed by atoms with Crippen LogP contribution in [0.4, 0.5) is 0 Å². The molecule has 3 aliphatic heterocycles. The molecule has 0 spiro atoms. The summed E-state index contributed by atoms with van der Waals surface area (Å²) < 4.78 is 11.5. The Hall–Kier alpha value is -3.50. The van der Waals surface area contributed by atoms with Crippen LogP contribution in [0, 0.1) is 0 Å². The summed E-state index contributed by atoms with van der Waals surface area (Å²) in [6, 6.07) is 15.6. The molecule has 0 unspecified atom stereocenters. The Morgan fingerprint density at radius 3 is 1.40 bits per heavy atom. The molecule has 8 nitrogen and oxygen atoms in total. The highest BCUT2D eigenvalue weighted by atomic mass is 32.2. The van der Waals surface area contributed by atoms with E-state index >= 15 is 0 Å². The maximum atomic E-state index is 12.6. The molecule has 0 atom stereocenters. The number of ether oxygens (including phenoxy) is 2. The largest absolute Gasteiger partial charge is 0.494 e. The zero-order valence-corrected chi connectivity index (χ0v) is 25.7. The summed E-state index contributed by atoms with van der Waals surface area (Å²) in [4.78, 5) is 39.4. The van der Waals surface area contributed by atoms with E-state index in [0.29, 0.717) is 49.2 Å². The highest BCUT2D eigenvalue weighted by molar-refractivity contribution is 8.18. The van der Waals surface area contributed by atoms with Crippen molar-refractivity contribution in [3.8, 4) is 11.5 Å². The smallest absolute Gasteiger partial charge is 0.286 e. The van der Waals surface area contributed by atoms with Crippen molar-refractivity contribution in [3.05, 3.63) is 69.5 Å². The fourth-order valence-electron chi connectivity index (χ4n) is 4.45. The van der Waals surface area contributed by atoms with Gasteiger partial charge in [-0.15, -0.1) is 0 Å². The molecule has 3 aliphatic rings. The van der Waals surface area contributed by atoms with Gasteiger partial charge in [0.1, 0.15) is 11.5 Å². The van der Waals surface area contributed by atoms with E-state index < -0.39 is 0 Å². The van der Waals surface area contributed by atoms with E-state index in [1.54, 1.807) is 0 Å². The van der Waals surface area contributed by atoms with Crippen LogP contribution in [0.1, 0.15) is 50.7 Å². The quantitative estimate of drug-likeness (QED) is 0.231. The number of amides is 2. The predicted molar refractivity (Wildman–Crippen MR) is 173 cm³/mol. The number of carbonyl (C=O) groups is 2. The molecule has 0 N–H and O–H groups in total. The van der Waals surface area contributed by atoms with Crippen LogP contribution >= 0.6 is 23.5 Å². The van der Waals surface area contributed by atoms with Crippen molar-refractivity contribution in [1.82, 2.24) is 9.80 Å². The molecule has 0 saturated carbocycles. The zero-order chi connectivity index (χ0) is 29.3. The van der Waals surface area contributed by atoms with Gasteiger partial charge in [0.25, 0.3) is 11.8 Å². The molecule has 1 saturated heterocycles. The van der Waals surface area contributed by atoms with Crippen LogP contribution in [0.2, 0.25) is 0 Å². The summed E-state index contributed by atoms with van der Waals surface area (Å²) in [6.45, 7) is 8.48. The van der Waals surface area contributed by atoms with Crippen molar-refractivity contribution in [2.75, 3.05) is 39.4 Å². The van der Waals surface area contributed by atoms with Crippen LogP contribution in [-0.2, 0) is 9.59 Å². The van der Waals surface area contributed by atoms with Crippen LogP contribution in [0.15, 0.2) is 68.3 Å². The van der Waals surface area contributed by atoms with Crippen molar-refractivity contribution < 1.29 is 19.1 Å². The van der Waals surface area contributed by atoms with Gasteiger partial charge < -0.3 is 19.3 Å². The lowest BCUT2D eigenvalue weighted by atomic mass is 10.2. The van der Waals surface area contributed by atoms with Gasteiger partial charge in [-0.25, -0.2) is 0 Å². The number of unbranched alkanes of at least 4 members (excludes halogenated alkanes) is 2. The lowest BCUT2D eigenvalue weighted by Gasteiger charge is -2.35. The number of benzene rings is 2. The van der Waals surface area contributed by atoms with E-state index in [-0.39, 0.29) is 11.8 Å². The molecule has 1 fully saturated rings. The Balaban J connectivity index is 1.11. The predicted octanol–water partition coefficient (Wildman–Crippen LogP) is 6.30. The van der Waals surface area contributed by atoms with E-state index in [4.69, 9.17) is 9.47 Å². The number of hydrogen-bond acceptors (Lipinski definition) is 8. The summed E-state index contributed by atoms with van der Waals surface area (Å²) in [5.41, 5.74) is 1.88. The number of hydrogen-bond donors (Lipinski definition) is 0. The molecule has 10 heteroatoms. The van der Waals surface area contributed by atoms with E-state index in [0.717, 1.165) is 58.6 Å². The molecule has 2 aromatic rings. The third-order valence-corrected chi connectivity index (χ3v) is 9.02. The van der Waals surface area contributed by atoms with E-state index in [9.17, 15) is 9.59 Å². The van der Waals surface area contributed by atoms with Gasteiger partial charge in [0.05, 0.1) is 23.0 Å². The fraction of sp³-hybridized carbons (Fsp3) is 0.375. The Bertz CT molecular complexity index is 1290. The van der Waals surface area contributed by atoms with E-state index in [1.807, 2.05) is 60.7 Å². The molecular formula is C32H36N4O4S2. The van der Waals surface area contributed by atoms with Gasteiger partial charge in [-0.2, -0.15) is 9.98 Å². The van der Waals surface area contributed by atoms with Crippen molar-refractivity contribution in [1.29, 1.82) is 0 Å². The van der Waals surface area contributed by atoms with Crippen molar-refractivity contribution in [3.63, 3.8) is 0 Å². The van der Waals surface area contributed by atoms with Crippen LogP contribution in [-0.4, -0.2) is 71.3 Å². The Labute approximate surface area is 255 Å². The number of thioether (sulfide) groups is 2. The maximum Gasteiger partial charge on any atom is 0.286 e. The molecule has 3 heterocycles. The number of aliphatic imine (C=N–C) groups is 2. The van der Waals surface area contributed by atoms with Gasteiger partial charge in [-0.05, 0) is 83.9 Å². The average Bonchev–Trinajstić information content (AvgIpc) is 3.56. The Morgan fingerprint density at radius 2 is 1.05 bits per heavy atom. The van der Waals surface area contributed by atoms with Crippen LogP contribution in [0.5, 0.6) is 11.5 Å². The molecule has 2 aromatic carbocycles. The Kier molecular flexibility index (Phi) is 10.4. The summed E-state index contributed by atoms with van der Waals surface area (Å²) in [7, 11) is 0. The molecule has 42 heavy (non-hydrogen) atoms. The van der Waals surface area contributed by atoms with Crippen LogP contribution in [0.3, 0.4) is 0 Å². The molecule has 0 radical (unpaired) electrons. The number of nitrogens with zero attached hydrogens (tertiary/aromatic N) is 4. The minimum absolute atomic E-state index is 0.211. The first-order valence-corrected chi connectivity index (χ1v) is 16.2. The van der Waals surface area contributed by atoms with Crippen molar-refractivity contribution in [2.45, 2.75) is 39.5 Å². The van der Waals surface area contributed by atoms with Crippen LogP contribution < -0.4 is 9.47 Å². The second-order valence-corrected chi connectivity index (χ2v) is 12.2. The first-order chi connectivity index (χ1) is 20.5. The number of piperazine rings is 1. The highest BCUT2D eigenvalue weighted by Crippen LogP contribution is 2.33. The lowest BCUT2D eigenvalue weighted by Crippen LogP contribution is -2.49.